The minimum atomic E-state index is -0.210. The molecule has 1 aromatic carbocycles. The SMILES string of the molecule is CCCCCNc1ncc(C(=O)Nc2ccccc2)cn1. The normalized spacial score (nSPS) is 10.1. The summed E-state index contributed by atoms with van der Waals surface area (Å²) in [5.74, 6) is 0.348. The second kappa shape index (κ2) is 7.99. The zero-order chi connectivity index (χ0) is 14.9. The molecule has 110 valence electrons. The third-order valence-corrected chi connectivity index (χ3v) is 3.01. The van der Waals surface area contributed by atoms with Crippen molar-refractivity contribution in [3.05, 3.63) is 48.3 Å². The van der Waals surface area contributed by atoms with Crippen molar-refractivity contribution >= 4 is 17.5 Å². The van der Waals surface area contributed by atoms with Crippen molar-refractivity contribution < 1.29 is 4.79 Å². The van der Waals surface area contributed by atoms with Crippen LogP contribution in [0.5, 0.6) is 0 Å². The fourth-order valence-electron chi connectivity index (χ4n) is 1.84. The summed E-state index contributed by atoms with van der Waals surface area (Å²) in [5.41, 5.74) is 1.20. The van der Waals surface area contributed by atoms with Gasteiger partial charge in [0.15, 0.2) is 0 Å². The first-order valence-corrected chi connectivity index (χ1v) is 7.22. The second-order valence-corrected chi connectivity index (χ2v) is 4.75. The summed E-state index contributed by atoms with van der Waals surface area (Å²) in [4.78, 5) is 20.3. The highest BCUT2D eigenvalue weighted by Gasteiger charge is 2.07. The summed E-state index contributed by atoms with van der Waals surface area (Å²) in [6.45, 7) is 3.01. The van der Waals surface area contributed by atoms with E-state index in [-0.39, 0.29) is 5.91 Å². The molecule has 0 unspecified atom stereocenters. The second-order valence-electron chi connectivity index (χ2n) is 4.75. The van der Waals surface area contributed by atoms with Crippen molar-refractivity contribution in [3.63, 3.8) is 0 Å². The molecule has 0 saturated heterocycles. The maximum Gasteiger partial charge on any atom is 0.258 e. The van der Waals surface area contributed by atoms with Crippen LogP contribution in [0.4, 0.5) is 11.6 Å². The van der Waals surface area contributed by atoms with E-state index in [1.165, 1.54) is 25.2 Å². The number of anilines is 2. The van der Waals surface area contributed by atoms with E-state index in [0.29, 0.717) is 11.5 Å². The Morgan fingerprint density at radius 1 is 1.10 bits per heavy atom. The van der Waals surface area contributed by atoms with Gasteiger partial charge in [0, 0.05) is 24.6 Å². The number of carbonyl (C=O) groups is 1. The van der Waals surface area contributed by atoms with E-state index in [2.05, 4.69) is 27.5 Å². The van der Waals surface area contributed by atoms with Crippen LogP contribution in [-0.2, 0) is 0 Å². The van der Waals surface area contributed by atoms with Crippen LogP contribution in [0.3, 0.4) is 0 Å². The van der Waals surface area contributed by atoms with Gasteiger partial charge in [-0.3, -0.25) is 4.79 Å². The van der Waals surface area contributed by atoms with Gasteiger partial charge in [0.25, 0.3) is 5.91 Å². The summed E-state index contributed by atoms with van der Waals surface area (Å²) in [7, 11) is 0. The lowest BCUT2D eigenvalue weighted by atomic mass is 10.2. The Morgan fingerprint density at radius 2 is 1.81 bits per heavy atom. The molecule has 0 bridgehead atoms. The largest absolute Gasteiger partial charge is 0.354 e. The standard InChI is InChI=1S/C16H20N4O/c1-2-3-7-10-17-16-18-11-13(12-19-16)15(21)20-14-8-5-4-6-9-14/h4-6,8-9,11-12H,2-3,7,10H2,1H3,(H,20,21)(H,17,18,19). The molecule has 0 spiro atoms. The number of hydrogen-bond donors (Lipinski definition) is 2. The Hall–Kier alpha value is -2.43. The zero-order valence-electron chi connectivity index (χ0n) is 12.2. The van der Waals surface area contributed by atoms with Gasteiger partial charge in [-0.05, 0) is 18.6 Å². The molecule has 1 aromatic heterocycles. The minimum Gasteiger partial charge on any atom is -0.354 e. The molecule has 2 rings (SSSR count). The molecule has 5 heteroatoms. The predicted molar refractivity (Wildman–Crippen MR) is 84.4 cm³/mol. The number of aromatic nitrogens is 2. The number of amides is 1. The first-order chi connectivity index (χ1) is 10.3. The Labute approximate surface area is 124 Å². The first-order valence-electron chi connectivity index (χ1n) is 7.22. The molecule has 0 radical (unpaired) electrons. The van der Waals surface area contributed by atoms with E-state index in [1.54, 1.807) is 0 Å². The van der Waals surface area contributed by atoms with E-state index in [4.69, 9.17) is 0 Å². The average molecular weight is 284 g/mol. The van der Waals surface area contributed by atoms with E-state index < -0.39 is 0 Å². The maximum absolute atomic E-state index is 12.0. The van der Waals surface area contributed by atoms with Gasteiger partial charge in [-0.2, -0.15) is 0 Å². The molecular formula is C16H20N4O. The van der Waals surface area contributed by atoms with E-state index in [1.807, 2.05) is 30.3 Å². The van der Waals surface area contributed by atoms with Crippen LogP contribution < -0.4 is 10.6 Å². The maximum atomic E-state index is 12.0. The van der Waals surface area contributed by atoms with Gasteiger partial charge in [-0.15, -0.1) is 0 Å². The van der Waals surface area contributed by atoms with E-state index in [9.17, 15) is 4.79 Å². The van der Waals surface area contributed by atoms with Crippen LogP contribution in [0, 0.1) is 0 Å². The predicted octanol–water partition coefficient (Wildman–Crippen LogP) is 3.33. The van der Waals surface area contributed by atoms with E-state index in [0.717, 1.165) is 18.7 Å². The third kappa shape index (κ3) is 4.87. The molecule has 2 aromatic rings. The quantitative estimate of drug-likeness (QED) is 0.765. The molecule has 0 aliphatic carbocycles. The number of rotatable bonds is 7. The topological polar surface area (TPSA) is 66.9 Å². The van der Waals surface area contributed by atoms with Gasteiger partial charge in [0.2, 0.25) is 5.95 Å². The van der Waals surface area contributed by atoms with Crippen molar-refractivity contribution in [2.24, 2.45) is 0 Å². The number of nitrogens with one attached hydrogen (secondary N) is 2. The molecular weight excluding hydrogens is 264 g/mol. The van der Waals surface area contributed by atoms with Crippen molar-refractivity contribution in [3.8, 4) is 0 Å². The lowest BCUT2D eigenvalue weighted by molar-refractivity contribution is 0.102. The van der Waals surface area contributed by atoms with E-state index >= 15 is 0 Å². The highest BCUT2D eigenvalue weighted by molar-refractivity contribution is 6.03. The first kappa shape index (κ1) is 15.0. The molecule has 0 fully saturated rings. The van der Waals surface area contributed by atoms with Crippen LogP contribution >= 0.6 is 0 Å². The number of para-hydroxylation sites is 1. The van der Waals surface area contributed by atoms with Gasteiger partial charge < -0.3 is 10.6 Å². The Kier molecular flexibility index (Phi) is 5.70. The average Bonchev–Trinajstić information content (AvgIpc) is 2.53. The van der Waals surface area contributed by atoms with Gasteiger partial charge in [-0.25, -0.2) is 9.97 Å². The number of hydrogen-bond acceptors (Lipinski definition) is 4. The van der Waals surface area contributed by atoms with Crippen LogP contribution in [0.15, 0.2) is 42.7 Å². The molecule has 0 atom stereocenters. The number of unbranched alkanes of at least 4 members (excludes halogenated alkanes) is 2. The fraction of sp³-hybridized carbons (Fsp3) is 0.312. The minimum absolute atomic E-state index is 0.210. The molecule has 2 N–H and O–H groups in total. The van der Waals surface area contributed by atoms with Crippen molar-refractivity contribution in [2.75, 3.05) is 17.2 Å². The lowest BCUT2D eigenvalue weighted by Crippen LogP contribution is -2.13. The van der Waals surface area contributed by atoms with Crippen molar-refractivity contribution in [1.82, 2.24) is 9.97 Å². The molecule has 0 aliphatic heterocycles. The van der Waals surface area contributed by atoms with Crippen LogP contribution in [0.1, 0.15) is 36.5 Å². The van der Waals surface area contributed by atoms with Gasteiger partial charge in [-0.1, -0.05) is 38.0 Å². The number of carbonyl (C=O) groups excluding carboxylic acids is 1. The molecule has 1 amide bonds. The molecule has 1 heterocycles. The van der Waals surface area contributed by atoms with Crippen molar-refractivity contribution in [1.29, 1.82) is 0 Å². The lowest BCUT2D eigenvalue weighted by Gasteiger charge is -2.06. The zero-order valence-corrected chi connectivity index (χ0v) is 12.2. The third-order valence-electron chi connectivity index (χ3n) is 3.01. The molecule has 21 heavy (non-hydrogen) atoms. The number of nitrogens with zero attached hydrogens (tertiary/aromatic N) is 2. The summed E-state index contributed by atoms with van der Waals surface area (Å²) in [6.07, 6.45) is 6.53. The summed E-state index contributed by atoms with van der Waals surface area (Å²) in [6, 6.07) is 9.31. The highest BCUT2D eigenvalue weighted by Crippen LogP contribution is 2.08. The Morgan fingerprint density at radius 3 is 2.48 bits per heavy atom. The van der Waals surface area contributed by atoms with Gasteiger partial charge in [0.05, 0.1) is 5.56 Å². The summed E-state index contributed by atoms with van der Waals surface area (Å²) >= 11 is 0. The van der Waals surface area contributed by atoms with Crippen molar-refractivity contribution in [2.45, 2.75) is 26.2 Å². The smallest absolute Gasteiger partial charge is 0.258 e. The molecule has 0 saturated carbocycles. The Bertz CT molecular complexity index is 554. The van der Waals surface area contributed by atoms with Crippen LogP contribution in [0.2, 0.25) is 0 Å². The molecule has 0 aliphatic rings. The monoisotopic (exact) mass is 284 g/mol. The van der Waals surface area contributed by atoms with Gasteiger partial charge >= 0.3 is 0 Å². The molecule has 5 nitrogen and oxygen atoms in total. The summed E-state index contributed by atoms with van der Waals surface area (Å²) < 4.78 is 0. The highest BCUT2D eigenvalue weighted by atomic mass is 16.1. The number of benzene rings is 1. The summed E-state index contributed by atoms with van der Waals surface area (Å²) in [5, 5.41) is 5.94. The fourth-order valence-corrected chi connectivity index (χ4v) is 1.84. The van der Waals surface area contributed by atoms with Gasteiger partial charge in [0.1, 0.15) is 0 Å². The van der Waals surface area contributed by atoms with Crippen LogP contribution in [0.25, 0.3) is 0 Å². The Balaban J connectivity index is 1.88. The van der Waals surface area contributed by atoms with Crippen LogP contribution in [-0.4, -0.2) is 22.4 Å².